The molecule has 0 unspecified atom stereocenters. The monoisotopic (exact) mass is 651 g/mol. The van der Waals surface area contributed by atoms with Crippen molar-refractivity contribution in [2.75, 3.05) is 18.0 Å². The molecule has 1 saturated carbocycles. The van der Waals surface area contributed by atoms with Crippen LogP contribution in [0.25, 0.3) is 11.6 Å². The maximum atomic E-state index is 13.5. The number of amides is 2. The predicted octanol–water partition coefficient (Wildman–Crippen LogP) is 7.56. The molecule has 2 amide bonds. The Kier molecular flexibility index (Phi) is 9.63. The fourth-order valence-corrected chi connectivity index (χ4v) is 6.13. The van der Waals surface area contributed by atoms with Crippen LogP contribution in [-0.4, -0.2) is 58.8 Å². The van der Waals surface area contributed by atoms with Gasteiger partial charge in [-0.3, -0.25) is 14.9 Å². The molecule has 2 aliphatic heterocycles. The Labute approximate surface area is 280 Å². The largest absolute Gasteiger partial charge is 0.490 e. The number of nitrogens with zero attached hydrogens (tertiary/aromatic N) is 3. The molecule has 2 fully saturated rings. The van der Waals surface area contributed by atoms with Crippen molar-refractivity contribution in [3.8, 4) is 5.75 Å². The van der Waals surface area contributed by atoms with Crippen LogP contribution in [-0.2, 0) is 20.8 Å². The summed E-state index contributed by atoms with van der Waals surface area (Å²) in [4.78, 5) is 39.9. The first kappa shape index (κ1) is 33.0. The van der Waals surface area contributed by atoms with Crippen molar-refractivity contribution in [2.24, 2.45) is 0 Å². The third-order valence-electron chi connectivity index (χ3n) is 8.71. The van der Waals surface area contributed by atoms with Crippen LogP contribution in [0.4, 0.5) is 16.2 Å². The third kappa shape index (κ3) is 7.94. The van der Waals surface area contributed by atoms with Crippen LogP contribution in [0.1, 0.15) is 63.1 Å². The van der Waals surface area contributed by atoms with E-state index in [1.807, 2.05) is 75.4 Å². The first-order valence-electron chi connectivity index (χ1n) is 16.5. The second-order valence-corrected chi connectivity index (χ2v) is 13.5. The van der Waals surface area contributed by atoms with Crippen molar-refractivity contribution in [1.82, 2.24) is 4.90 Å². The number of likely N-dealkylation sites (tertiary alicyclic amines) is 1. The Hall–Kier alpha value is -4.96. The van der Waals surface area contributed by atoms with Crippen molar-refractivity contribution in [3.05, 3.63) is 112 Å². The standard InChI is InChI=1S/C38H41N3O7/c1-38(2,3)48-37(43)39-21-19-30(20-22-39)47-32-23-31(24-32)46-29-17-13-27(14-18-29)25-40-35-10-5-4-8-33(35)34(36(40)42)9-6-7-26-11-15-28(16-12-26)41(44)45/h4-18,30-32H,19-25H2,1-3H3/b7-6+,34-9-. The minimum absolute atomic E-state index is 0.0358. The molecule has 0 bridgehead atoms. The summed E-state index contributed by atoms with van der Waals surface area (Å²) in [7, 11) is 0. The van der Waals surface area contributed by atoms with Gasteiger partial charge in [0.25, 0.3) is 11.6 Å². The van der Waals surface area contributed by atoms with Crippen LogP contribution in [0.5, 0.6) is 5.75 Å². The fraction of sp³-hybridized carbons (Fsp3) is 0.368. The van der Waals surface area contributed by atoms with E-state index in [4.69, 9.17) is 14.2 Å². The average Bonchev–Trinajstić information content (AvgIpc) is 3.30. The van der Waals surface area contributed by atoms with Gasteiger partial charge in [-0.25, -0.2) is 4.79 Å². The number of nitro groups is 1. The molecule has 0 radical (unpaired) electrons. The molecular weight excluding hydrogens is 610 g/mol. The number of piperidine rings is 1. The molecule has 10 heteroatoms. The van der Waals surface area contributed by atoms with Gasteiger partial charge >= 0.3 is 6.09 Å². The lowest BCUT2D eigenvalue weighted by Crippen LogP contribution is -2.46. The molecule has 0 N–H and O–H groups in total. The van der Waals surface area contributed by atoms with Crippen LogP contribution >= 0.6 is 0 Å². The molecule has 3 aliphatic rings. The number of fused-ring (bicyclic) bond motifs is 1. The lowest BCUT2D eigenvalue weighted by molar-refractivity contribution is -0.384. The fourth-order valence-electron chi connectivity index (χ4n) is 6.13. The number of anilines is 1. The highest BCUT2D eigenvalue weighted by Crippen LogP contribution is 2.38. The van der Waals surface area contributed by atoms with Crippen LogP contribution in [0.15, 0.2) is 84.9 Å². The Balaban J connectivity index is 0.980. The zero-order chi connectivity index (χ0) is 33.8. The van der Waals surface area contributed by atoms with Gasteiger partial charge in [0.1, 0.15) is 17.5 Å². The number of carbonyl (C=O) groups excluding carboxylic acids is 2. The van der Waals surface area contributed by atoms with Gasteiger partial charge in [0.2, 0.25) is 0 Å². The highest BCUT2D eigenvalue weighted by molar-refractivity contribution is 6.32. The summed E-state index contributed by atoms with van der Waals surface area (Å²) >= 11 is 0. The number of para-hydroxylation sites is 1. The van der Waals surface area contributed by atoms with Crippen molar-refractivity contribution < 1.29 is 28.7 Å². The van der Waals surface area contributed by atoms with E-state index in [2.05, 4.69) is 0 Å². The Morgan fingerprint density at radius 2 is 1.62 bits per heavy atom. The number of carbonyl (C=O) groups is 2. The molecule has 0 atom stereocenters. The third-order valence-corrected chi connectivity index (χ3v) is 8.71. The number of non-ortho nitro benzene ring substituents is 1. The average molecular weight is 652 g/mol. The predicted molar refractivity (Wildman–Crippen MR) is 184 cm³/mol. The van der Waals surface area contributed by atoms with Gasteiger partial charge in [0.05, 0.1) is 29.4 Å². The van der Waals surface area contributed by atoms with E-state index in [0.29, 0.717) is 25.2 Å². The van der Waals surface area contributed by atoms with E-state index >= 15 is 0 Å². The van der Waals surface area contributed by atoms with E-state index < -0.39 is 10.5 Å². The number of allylic oxidation sites excluding steroid dienone is 2. The summed E-state index contributed by atoms with van der Waals surface area (Å²) in [6.45, 7) is 7.35. The molecule has 6 rings (SSSR count). The molecule has 10 nitrogen and oxygen atoms in total. The van der Waals surface area contributed by atoms with E-state index in [-0.39, 0.29) is 36.0 Å². The highest BCUT2D eigenvalue weighted by atomic mass is 16.6. The van der Waals surface area contributed by atoms with E-state index in [0.717, 1.165) is 53.8 Å². The minimum atomic E-state index is -0.493. The van der Waals surface area contributed by atoms with Gasteiger partial charge in [0, 0.05) is 49.2 Å². The summed E-state index contributed by atoms with van der Waals surface area (Å²) in [5.41, 5.74) is 3.65. The van der Waals surface area contributed by atoms with E-state index in [1.54, 1.807) is 34.1 Å². The first-order chi connectivity index (χ1) is 23.0. The number of ether oxygens (including phenoxy) is 3. The van der Waals surface area contributed by atoms with Crippen molar-refractivity contribution in [2.45, 2.75) is 76.9 Å². The van der Waals surface area contributed by atoms with Gasteiger partial charge in [-0.1, -0.05) is 42.5 Å². The van der Waals surface area contributed by atoms with Gasteiger partial charge < -0.3 is 24.0 Å². The van der Waals surface area contributed by atoms with Gasteiger partial charge in [-0.05, 0) is 81.1 Å². The summed E-state index contributed by atoms with van der Waals surface area (Å²) < 4.78 is 18.0. The Bertz CT molecular complexity index is 1700. The summed E-state index contributed by atoms with van der Waals surface area (Å²) in [6.07, 6.45) is 8.85. The lowest BCUT2D eigenvalue weighted by atomic mass is 9.91. The van der Waals surface area contributed by atoms with Crippen molar-refractivity contribution in [3.63, 3.8) is 0 Å². The van der Waals surface area contributed by atoms with Crippen LogP contribution in [0.3, 0.4) is 0 Å². The zero-order valence-corrected chi connectivity index (χ0v) is 27.5. The Morgan fingerprint density at radius 1 is 0.938 bits per heavy atom. The smallest absolute Gasteiger partial charge is 0.410 e. The maximum absolute atomic E-state index is 13.5. The van der Waals surface area contributed by atoms with Crippen molar-refractivity contribution in [1.29, 1.82) is 0 Å². The van der Waals surface area contributed by atoms with E-state index in [1.165, 1.54) is 12.1 Å². The summed E-state index contributed by atoms with van der Waals surface area (Å²) in [6, 6.07) is 21.9. The molecule has 48 heavy (non-hydrogen) atoms. The normalized spacial score (nSPS) is 20.6. The number of nitro benzene ring substituents is 1. The Morgan fingerprint density at radius 3 is 2.29 bits per heavy atom. The number of rotatable bonds is 9. The molecule has 3 aromatic carbocycles. The molecule has 2 heterocycles. The van der Waals surface area contributed by atoms with Crippen molar-refractivity contribution >= 4 is 35.0 Å². The lowest BCUT2D eigenvalue weighted by Gasteiger charge is -2.40. The molecular formula is C38H41N3O7. The molecule has 3 aromatic rings. The molecule has 0 spiro atoms. The number of benzene rings is 3. The van der Waals surface area contributed by atoms with E-state index in [9.17, 15) is 19.7 Å². The summed E-state index contributed by atoms with van der Waals surface area (Å²) in [5.74, 6) is 0.707. The highest BCUT2D eigenvalue weighted by Gasteiger charge is 2.36. The maximum Gasteiger partial charge on any atom is 0.410 e. The van der Waals surface area contributed by atoms with Crippen LogP contribution in [0.2, 0.25) is 0 Å². The molecule has 250 valence electrons. The van der Waals surface area contributed by atoms with Gasteiger partial charge in [-0.15, -0.1) is 0 Å². The molecule has 0 aromatic heterocycles. The number of hydrogen-bond acceptors (Lipinski definition) is 7. The van der Waals surface area contributed by atoms with Gasteiger partial charge in [0.15, 0.2) is 0 Å². The number of hydrogen-bond donors (Lipinski definition) is 0. The first-order valence-corrected chi connectivity index (χ1v) is 16.5. The van der Waals surface area contributed by atoms with Gasteiger partial charge in [-0.2, -0.15) is 0 Å². The van der Waals surface area contributed by atoms with Crippen LogP contribution < -0.4 is 9.64 Å². The summed E-state index contributed by atoms with van der Waals surface area (Å²) in [5, 5.41) is 10.9. The molecule has 1 aliphatic carbocycles. The van der Waals surface area contributed by atoms with Crippen LogP contribution in [0, 0.1) is 10.1 Å². The second kappa shape index (κ2) is 14.0. The topological polar surface area (TPSA) is 111 Å². The minimum Gasteiger partial charge on any atom is -0.490 e. The second-order valence-electron chi connectivity index (χ2n) is 13.5. The zero-order valence-electron chi connectivity index (χ0n) is 27.5. The molecule has 1 saturated heterocycles. The SMILES string of the molecule is CC(C)(C)OC(=O)N1CCC(OC2CC(Oc3ccc(CN4C(=O)/C(=C\C=C\c5ccc([N+](=O)[O-])cc5)c5ccccc54)cc3)C2)CC1. The quantitative estimate of drug-likeness (QED) is 0.133.